The lowest BCUT2D eigenvalue weighted by Gasteiger charge is -2.24. The summed E-state index contributed by atoms with van der Waals surface area (Å²) >= 11 is 4.45. The molecule has 0 spiro atoms. The first kappa shape index (κ1) is 28.8. The van der Waals surface area contributed by atoms with Crippen LogP contribution < -0.4 is 5.32 Å². The molecule has 1 aromatic heterocycles. The van der Waals surface area contributed by atoms with Gasteiger partial charge in [-0.05, 0) is 40.7 Å². The molecule has 1 heterocycles. The molecule has 1 aliphatic carbocycles. The van der Waals surface area contributed by atoms with Crippen molar-refractivity contribution in [1.82, 2.24) is 30.8 Å². The maximum absolute atomic E-state index is 13.0. The highest BCUT2D eigenvalue weighted by Gasteiger charge is 2.24. The number of hydrogen-bond acceptors (Lipinski definition) is 6. The van der Waals surface area contributed by atoms with E-state index in [1.807, 2.05) is 29.2 Å². The van der Waals surface area contributed by atoms with Gasteiger partial charge in [0.1, 0.15) is 0 Å². The molecule has 0 bridgehead atoms. The number of amides is 2. The molecule has 4 rings (SSSR count). The Bertz CT molecular complexity index is 1180. The molecule has 39 heavy (non-hydrogen) atoms. The van der Waals surface area contributed by atoms with E-state index in [1.165, 1.54) is 25.7 Å². The van der Waals surface area contributed by atoms with Gasteiger partial charge in [-0.15, -0.1) is 10.2 Å². The molecule has 1 unspecified atom stereocenters. The Kier molecular flexibility index (Phi) is 10.9. The van der Waals surface area contributed by atoms with Gasteiger partial charge in [-0.25, -0.2) is 0 Å². The zero-order valence-electron chi connectivity index (χ0n) is 22.8. The Morgan fingerprint density at radius 1 is 1.10 bits per heavy atom. The van der Waals surface area contributed by atoms with Crippen molar-refractivity contribution in [2.24, 2.45) is 11.8 Å². The van der Waals surface area contributed by atoms with Crippen LogP contribution in [0.1, 0.15) is 63.9 Å². The lowest BCUT2D eigenvalue weighted by molar-refractivity contribution is -0.132. The summed E-state index contributed by atoms with van der Waals surface area (Å²) < 4.78 is 0. The number of carbonyl (C=O) groups excluding carboxylic acids is 2. The highest BCUT2D eigenvalue weighted by molar-refractivity contribution is 7.80. The van der Waals surface area contributed by atoms with Crippen LogP contribution in [0.15, 0.2) is 48.5 Å². The summed E-state index contributed by atoms with van der Waals surface area (Å²) in [5.74, 6) is 1.86. The number of nitrogens with zero attached hydrogens (tertiary/aromatic N) is 4. The minimum atomic E-state index is -0.0662. The number of H-pyrrole nitrogens is 1. The van der Waals surface area contributed by atoms with Crippen LogP contribution in [-0.4, -0.2) is 56.2 Å². The zero-order valence-corrected chi connectivity index (χ0v) is 23.7. The second-order valence-corrected chi connectivity index (χ2v) is 10.8. The van der Waals surface area contributed by atoms with Gasteiger partial charge in [0, 0.05) is 43.3 Å². The Hall–Kier alpha value is -3.20. The van der Waals surface area contributed by atoms with E-state index in [0.717, 1.165) is 41.5 Å². The van der Waals surface area contributed by atoms with Gasteiger partial charge < -0.3 is 10.2 Å². The van der Waals surface area contributed by atoms with Gasteiger partial charge >= 0.3 is 0 Å². The number of benzene rings is 2. The van der Waals surface area contributed by atoms with Crippen molar-refractivity contribution in [3.63, 3.8) is 0 Å². The molecule has 9 heteroatoms. The maximum atomic E-state index is 13.0. The van der Waals surface area contributed by atoms with Crippen molar-refractivity contribution < 1.29 is 9.59 Å². The molecule has 0 radical (unpaired) electrons. The Labute approximate surface area is 236 Å². The summed E-state index contributed by atoms with van der Waals surface area (Å²) in [4.78, 5) is 27.8. The molecule has 1 saturated carbocycles. The molecule has 1 fully saturated rings. The number of nitrogens with one attached hydrogen (secondary N) is 2. The second-order valence-electron chi connectivity index (χ2n) is 10.5. The Morgan fingerprint density at radius 3 is 2.51 bits per heavy atom. The number of aromatic nitrogens is 4. The molecule has 208 valence electrons. The van der Waals surface area contributed by atoms with Crippen molar-refractivity contribution in [2.75, 3.05) is 18.8 Å². The standard InChI is InChI=1S/C30H40N6O2S/c1-2-3-12-28(37)36(18-17-31-30(38)25(21-39)19-22-8-4-5-9-22)20-23-13-15-24(16-14-23)26-10-6-7-11-27(26)29-32-34-35-33-29/h6-7,10-11,13-16,22,25,39H,2-5,8-9,12,17-21H2,1H3,(H,31,38)(H,32,33,34,35). The van der Waals surface area contributed by atoms with Crippen LogP contribution in [-0.2, 0) is 16.1 Å². The zero-order chi connectivity index (χ0) is 27.5. The molecule has 2 amide bonds. The van der Waals surface area contributed by atoms with Gasteiger partial charge in [0.05, 0.1) is 0 Å². The molecule has 0 aliphatic heterocycles. The van der Waals surface area contributed by atoms with Gasteiger partial charge in [0.2, 0.25) is 17.6 Å². The summed E-state index contributed by atoms with van der Waals surface area (Å²) in [6.45, 7) is 3.52. The quantitative estimate of drug-likeness (QED) is 0.237. The molecular weight excluding hydrogens is 508 g/mol. The summed E-state index contributed by atoms with van der Waals surface area (Å²) in [6, 6.07) is 16.2. The van der Waals surface area contributed by atoms with Crippen LogP contribution in [0.2, 0.25) is 0 Å². The van der Waals surface area contributed by atoms with Crippen LogP contribution in [0.4, 0.5) is 0 Å². The minimum absolute atomic E-state index is 0.0578. The van der Waals surface area contributed by atoms with Gasteiger partial charge in [-0.2, -0.15) is 17.8 Å². The fraction of sp³-hybridized carbons (Fsp3) is 0.500. The van der Waals surface area contributed by atoms with Crippen molar-refractivity contribution >= 4 is 24.4 Å². The number of tetrazole rings is 1. The Morgan fingerprint density at radius 2 is 1.85 bits per heavy atom. The largest absolute Gasteiger partial charge is 0.354 e. The first-order chi connectivity index (χ1) is 19.1. The third-order valence-corrected chi connectivity index (χ3v) is 8.05. The SMILES string of the molecule is CCCCC(=O)N(CCNC(=O)C(CS)CC1CCCC1)Cc1ccc(-c2ccccc2-c2nn[nH]n2)cc1. The highest BCUT2D eigenvalue weighted by atomic mass is 32.1. The van der Waals surface area contributed by atoms with Gasteiger partial charge in [0.15, 0.2) is 0 Å². The average molecular weight is 549 g/mol. The summed E-state index contributed by atoms with van der Waals surface area (Å²) in [5, 5.41) is 17.5. The van der Waals surface area contributed by atoms with Crippen LogP contribution in [0.5, 0.6) is 0 Å². The molecule has 8 nitrogen and oxygen atoms in total. The molecule has 1 atom stereocenters. The molecular formula is C30H40N6O2S. The summed E-state index contributed by atoms with van der Waals surface area (Å²) in [5.41, 5.74) is 4.00. The van der Waals surface area contributed by atoms with Gasteiger partial charge in [0.25, 0.3) is 0 Å². The van der Waals surface area contributed by atoms with E-state index in [2.05, 4.69) is 69.8 Å². The monoisotopic (exact) mass is 548 g/mol. The summed E-state index contributed by atoms with van der Waals surface area (Å²) in [7, 11) is 0. The van der Waals surface area contributed by atoms with Crippen LogP contribution in [0.3, 0.4) is 0 Å². The number of thiol groups is 1. The first-order valence-electron chi connectivity index (χ1n) is 14.2. The minimum Gasteiger partial charge on any atom is -0.354 e. The molecule has 2 aromatic carbocycles. The average Bonchev–Trinajstić information content (AvgIpc) is 3.69. The van der Waals surface area contributed by atoms with E-state index in [0.29, 0.717) is 43.6 Å². The third-order valence-electron chi connectivity index (χ3n) is 7.61. The number of hydrogen-bond donors (Lipinski definition) is 3. The second kappa shape index (κ2) is 14.8. The lowest BCUT2D eigenvalue weighted by atomic mass is 9.94. The van der Waals surface area contributed by atoms with Crippen LogP contribution >= 0.6 is 12.6 Å². The topological polar surface area (TPSA) is 104 Å². The fourth-order valence-electron chi connectivity index (χ4n) is 5.37. The van der Waals surface area contributed by atoms with E-state index in [-0.39, 0.29) is 17.7 Å². The van der Waals surface area contributed by atoms with Crippen molar-refractivity contribution in [3.8, 4) is 22.5 Å². The van der Waals surface area contributed by atoms with Crippen molar-refractivity contribution in [2.45, 2.75) is 64.8 Å². The smallest absolute Gasteiger partial charge is 0.224 e. The number of aromatic amines is 1. The molecule has 1 aliphatic rings. The Balaban J connectivity index is 1.38. The number of rotatable bonds is 14. The van der Waals surface area contributed by atoms with E-state index in [9.17, 15) is 9.59 Å². The predicted molar refractivity (Wildman–Crippen MR) is 157 cm³/mol. The highest BCUT2D eigenvalue weighted by Crippen LogP contribution is 2.31. The van der Waals surface area contributed by atoms with E-state index >= 15 is 0 Å². The van der Waals surface area contributed by atoms with Crippen molar-refractivity contribution in [1.29, 1.82) is 0 Å². The van der Waals surface area contributed by atoms with Crippen LogP contribution in [0.25, 0.3) is 22.5 Å². The number of unbranched alkanes of at least 4 members (excludes halogenated alkanes) is 1. The molecule has 3 aromatic rings. The summed E-state index contributed by atoms with van der Waals surface area (Å²) in [6.07, 6.45) is 8.24. The molecule has 0 saturated heterocycles. The number of carbonyl (C=O) groups is 2. The normalized spacial score (nSPS) is 14.3. The van der Waals surface area contributed by atoms with E-state index in [4.69, 9.17) is 0 Å². The fourth-order valence-corrected chi connectivity index (χ4v) is 5.68. The van der Waals surface area contributed by atoms with Crippen LogP contribution in [0, 0.1) is 11.8 Å². The predicted octanol–water partition coefficient (Wildman–Crippen LogP) is 5.30. The first-order valence-corrected chi connectivity index (χ1v) is 14.8. The molecule has 2 N–H and O–H groups in total. The maximum Gasteiger partial charge on any atom is 0.224 e. The van der Waals surface area contributed by atoms with E-state index in [1.54, 1.807) is 0 Å². The van der Waals surface area contributed by atoms with Gasteiger partial charge in [-0.3, -0.25) is 9.59 Å². The lowest BCUT2D eigenvalue weighted by Crippen LogP contribution is -2.40. The third kappa shape index (κ3) is 8.14. The van der Waals surface area contributed by atoms with Gasteiger partial charge in [-0.1, -0.05) is 87.6 Å². The van der Waals surface area contributed by atoms with E-state index < -0.39 is 0 Å². The van der Waals surface area contributed by atoms with Crippen molar-refractivity contribution in [3.05, 3.63) is 54.1 Å².